The van der Waals surface area contributed by atoms with Gasteiger partial charge in [0.2, 0.25) is 21.8 Å². The molecule has 0 spiro atoms. The van der Waals surface area contributed by atoms with Crippen LogP contribution in [0.25, 0.3) is 0 Å². The van der Waals surface area contributed by atoms with Gasteiger partial charge in [-0.05, 0) is 61.7 Å². The maximum atomic E-state index is 13.6. The molecule has 0 heterocycles. The highest BCUT2D eigenvalue weighted by Crippen LogP contribution is 2.25. The predicted octanol–water partition coefficient (Wildman–Crippen LogP) is 4.76. The lowest BCUT2D eigenvalue weighted by Gasteiger charge is -2.33. The van der Waals surface area contributed by atoms with Gasteiger partial charge in [-0.15, -0.1) is 0 Å². The third-order valence-corrected chi connectivity index (χ3v) is 8.00. The first kappa shape index (κ1) is 28.2. The van der Waals surface area contributed by atoms with E-state index >= 15 is 0 Å². The molecule has 0 radical (unpaired) electrons. The molecule has 3 rings (SSSR count). The molecule has 0 bridgehead atoms. The van der Waals surface area contributed by atoms with Gasteiger partial charge in [0.15, 0.2) is 0 Å². The molecule has 1 atom stereocenters. The smallest absolute Gasteiger partial charge is 0.244 e. The Morgan fingerprint density at radius 2 is 1.72 bits per heavy atom. The van der Waals surface area contributed by atoms with E-state index in [4.69, 9.17) is 23.2 Å². The van der Waals surface area contributed by atoms with Crippen LogP contribution in [0, 0.1) is 5.82 Å². The average molecular weight is 559 g/mol. The lowest BCUT2D eigenvalue weighted by atomic mass is 9.95. The normalized spacial score (nSPS) is 15.2. The third kappa shape index (κ3) is 7.57. The number of nitrogens with one attached hydrogen (secondary N) is 1. The summed E-state index contributed by atoms with van der Waals surface area (Å²) in [4.78, 5) is 28.0. The molecule has 1 aliphatic rings. The van der Waals surface area contributed by atoms with E-state index in [1.165, 1.54) is 23.1 Å². The second kappa shape index (κ2) is 12.3. The van der Waals surface area contributed by atoms with Crippen molar-refractivity contribution in [3.05, 3.63) is 63.9 Å². The van der Waals surface area contributed by atoms with E-state index in [-0.39, 0.29) is 24.2 Å². The molecule has 2 aromatic rings. The first-order chi connectivity index (χ1) is 17.0. The molecule has 11 heteroatoms. The van der Waals surface area contributed by atoms with Crippen molar-refractivity contribution < 1.29 is 22.4 Å². The summed E-state index contributed by atoms with van der Waals surface area (Å²) >= 11 is 12.3. The number of carbonyl (C=O) groups excluding carboxylic acids is 2. The Labute approximate surface area is 221 Å². The van der Waals surface area contributed by atoms with Gasteiger partial charge in [-0.1, -0.05) is 48.5 Å². The Morgan fingerprint density at radius 3 is 2.31 bits per heavy atom. The van der Waals surface area contributed by atoms with Crippen LogP contribution in [0.3, 0.4) is 0 Å². The van der Waals surface area contributed by atoms with Gasteiger partial charge in [0.05, 0.1) is 11.9 Å². The molecule has 196 valence electrons. The van der Waals surface area contributed by atoms with Crippen LogP contribution in [0.1, 0.15) is 44.6 Å². The summed E-state index contributed by atoms with van der Waals surface area (Å²) in [5.41, 5.74) is 0.690. The van der Waals surface area contributed by atoms with Crippen LogP contribution in [0.15, 0.2) is 42.5 Å². The summed E-state index contributed by atoms with van der Waals surface area (Å²) in [5, 5.41) is 3.76. The minimum absolute atomic E-state index is 0.0326. The second-order valence-corrected chi connectivity index (χ2v) is 11.8. The van der Waals surface area contributed by atoms with Crippen LogP contribution in [0.2, 0.25) is 10.0 Å². The molecule has 1 fully saturated rings. The van der Waals surface area contributed by atoms with Gasteiger partial charge in [-0.3, -0.25) is 13.9 Å². The van der Waals surface area contributed by atoms with Crippen molar-refractivity contribution >= 4 is 50.7 Å². The number of nitrogens with zero attached hydrogens (tertiary/aromatic N) is 2. The molecule has 1 aliphatic carbocycles. The third-order valence-electron chi connectivity index (χ3n) is 6.27. The number of carbonyl (C=O) groups is 2. The molecule has 1 N–H and O–H groups in total. The first-order valence-electron chi connectivity index (χ1n) is 11.7. The number of sulfonamides is 1. The average Bonchev–Trinajstić information content (AvgIpc) is 2.82. The number of hydrogen-bond acceptors (Lipinski definition) is 4. The molecule has 0 aromatic heterocycles. The Hall–Kier alpha value is -2.36. The van der Waals surface area contributed by atoms with Crippen LogP contribution in [0.4, 0.5) is 10.1 Å². The van der Waals surface area contributed by atoms with Crippen LogP contribution in [-0.2, 0) is 26.2 Å². The highest BCUT2D eigenvalue weighted by Gasteiger charge is 2.31. The molecule has 0 saturated heterocycles. The van der Waals surface area contributed by atoms with Crippen molar-refractivity contribution in [3.63, 3.8) is 0 Å². The molecule has 0 aliphatic heterocycles. The van der Waals surface area contributed by atoms with Crippen LogP contribution >= 0.6 is 23.2 Å². The van der Waals surface area contributed by atoms with E-state index in [0.29, 0.717) is 15.6 Å². The Morgan fingerprint density at radius 1 is 1.08 bits per heavy atom. The zero-order chi connectivity index (χ0) is 26.5. The number of rotatable bonds is 9. The summed E-state index contributed by atoms with van der Waals surface area (Å²) in [6, 6.07) is 8.75. The molecule has 1 saturated carbocycles. The van der Waals surface area contributed by atoms with Gasteiger partial charge in [0, 0.05) is 22.6 Å². The van der Waals surface area contributed by atoms with Crippen molar-refractivity contribution in [2.24, 2.45) is 0 Å². The van der Waals surface area contributed by atoms with Gasteiger partial charge in [0.25, 0.3) is 0 Å². The zero-order valence-corrected chi connectivity index (χ0v) is 22.5. The quantitative estimate of drug-likeness (QED) is 0.481. The fourth-order valence-corrected chi connectivity index (χ4v) is 5.52. The van der Waals surface area contributed by atoms with Gasteiger partial charge >= 0.3 is 0 Å². The fourth-order valence-electron chi connectivity index (χ4n) is 4.21. The summed E-state index contributed by atoms with van der Waals surface area (Å²) in [6.45, 7) is 0.994. The molecule has 2 amide bonds. The predicted molar refractivity (Wildman–Crippen MR) is 140 cm³/mol. The molecular formula is C25H30Cl2FN3O4S. The Bertz CT molecular complexity index is 1190. The molecular weight excluding hydrogens is 528 g/mol. The molecule has 7 nitrogen and oxygen atoms in total. The number of hydrogen-bond donors (Lipinski definition) is 1. The maximum absolute atomic E-state index is 13.6. The van der Waals surface area contributed by atoms with Crippen LogP contribution in [-0.4, -0.2) is 50.0 Å². The van der Waals surface area contributed by atoms with Gasteiger partial charge in [0.1, 0.15) is 18.4 Å². The van der Waals surface area contributed by atoms with Crippen molar-refractivity contribution in [3.8, 4) is 0 Å². The van der Waals surface area contributed by atoms with E-state index in [9.17, 15) is 22.4 Å². The fraction of sp³-hybridized carbons (Fsp3) is 0.440. The van der Waals surface area contributed by atoms with Crippen molar-refractivity contribution in [2.45, 2.75) is 57.7 Å². The standard InChI is InChI=1S/C25H30Cl2FN3O4S/c1-17(25(33)29-21-6-4-3-5-7-21)30(15-18-8-9-19(26)14-23(18)27)24(32)16-31(36(2,34)35)22-12-10-20(28)11-13-22/h8-14,17,21H,3-7,15-16H2,1-2H3,(H,29,33)/t17-/m1/s1. The Kier molecular flexibility index (Phi) is 9.60. The summed E-state index contributed by atoms with van der Waals surface area (Å²) in [6.07, 6.45) is 5.91. The van der Waals surface area contributed by atoms with E-state index in [0.717, 1.165) is 54.8 Å². The molecule has 0 unspecified atom stereocenters. The largest absolute Gasteiger partial charge is 0.352 e. The lowest BCUT2D eigenvalue weighted by molar-refractivity contribution is -0.139. The van der Waals surface area contributed by atoms with Crippen LogP contribution < -0.4 is 9.62 Å². The zero-order valence-electron chi connectivity index (χ0n) is 20.2. The number of benzene rings is 2. The highest BCUT2D eigenvalue weighted by molar-refractivity contribution is 7.92. The first-order valence-corrected chi connectivity index (χ1v) is 14.3. The van der Waals surface area contributed by atoms with Gasteiger partial charge < -0.3 is 10.2 Å². The summed E-state index contributed by atoms with van der Waals surface area (Å²) < 4.78 is 39.4. The molecule has 36 heavy (non-hydrogen) atoms. The minimum Gasteiger partial charge on any atom is -0.352 e. The number of halogens is 3. The van der Waals surface area contributed by atoms with E-state index in [1.807, 2.05) is 0 Å². The minimum atomic E-state index is -3.90. The number of amides is 2. The lowest BCUT2D eigenvalue weighted by Crippen LogP contribution is -2.53. The van der Waals surface area contributed by atoms with E-state index < -0.39 is 34.3 Å². The maximum Gasteiger partial charge on any atom is 0.244 e. The van der Waals surface area contributed by atoms with Gasteiger partial charge in [-0.2, -0.15) is 0 Å². The SMILES string of the molecule is C[C@H](C(=O)NC1CCCCC1)N(Cc1ccc(Cl)cc1Cl)C(=O)CN(c1ccc(F)cc1)S(C)(=O)=O. The molecule has 2 aromatic carbocycles. The summed E-state index contributed by atoms with van der Waals surface area (Å²) in [7, 11) is -3.90. The number of anilines is 1. The van der Waals surface area contributed by atoms with Gasteiger partial charge in [-0.25, -0.2) is 12.8 Å². The summed E-state index contributed by atoms with van der Waals surface area (Å²) in [5.74, 6) is -1.47. The Balaban J connectivity index is 1.89. The van der Waals surface area contributed by atoms with E-state index in [1.54, 1.807) is 19.1 Å². The van der Waals surface area contributed by atoms with Crippen molar-refractivity contribution in [1.82, 2.24) is 10.2 Å². The van der Waals surface area contributed by atoms with Crippen molar-refractivity contribution in [2.75, 3.05) is 17.1 Å². The monoisotopic (exact) mass is 557 g/mol. The second-order valence-electron chi connectivity index (χ2n) is 9.02. The van der Waals surface area contributed by atoms with Crippen LogP contribution in [0.5, 0.6) is 0 Å². The topological polar surface area (TPSA) is 86.8 Å². The van der Waals surface area contributed by atoms with E-state index in [2.05, 4.69) is 5.32 Å². The highest BCUT2D eigenvalue weighted by atomic mass is 35.5. The van der Waals surface area contributed by atoms with Crippen molar-refractivity contribution in [1.29, 1.82) is 0 Å².